The number of hydrogen-bond acceptors (Lipinski definition) is 4. The van der Waals surface area contributed by atoms with Crippen LogP contribution >= 0.6 is 22.7 Å². The van der Waals surface area contributed by atoms with Crippen molar-refractivity contribution < 1.29 is 4.79 Å². The number of rotatable bonds is 4. The zero-order valence-corrected chi connectivity index (χ0v) is 13.1. The zero-order chi connectivity index (χ0) is 14.7. The van der Waals surface area contributed by atoms with Crippen LogP contribution in [0.3, 0.4) is 0 Å². The van der Waals surface area contributed by atoms with Crippen LogP contribution in [-0.2, 0) is 6.54 Å². The molecule has 3 rings (SSSR count). The molecule has 5 heteroatoms. The molecule has 0 spiro atoms. The molecule has 0 aliphatic carbocycles. The average molecular weight is 314 g/mol. The number of nitrogens with zero attached hydrogens (tertiary/aromatic N) is 1. The molecule has 106 valence electrons. The second-order valence-corrected chi connectivity index (χ2v) is 6.61. The molecule has 2 heterocycles. The Morgan fingerprint density at radius 1 is 1.19 bits per heavy atom. The molecule has 0 radical (unpaired) electrons. The molecule has 0 saturated carbocycles. The topological polar surface area (TPSA) is 42.0 Å². The van der Waals surface area contributed by atoms with Crippen LogP contribution in [0, 0.1) is 6.92 Å². The largest absolute Gasteiger partial charge is 0.346 e. The molecular formula is C16H14N2OS2. The van der Waals surface area contributed by atoms with Crippen molar-refractivity contribution in [2.75, 3.05) is 0 Å². The molecule has 3 nitrogen and oxygen atoms in total. The Hall–Kier alpha value is -1.98. The summed E-state index contributed by atoms with van der Waals surface area (Å²) in [6.07, 6.45) is 0. The van der Waals surface area contributed by atoms with Crippen LogP contribution in [0.1, 0.15) is 20.9 Å². The maximum atomic E-state index is 12.0. The van der Waals surface area contributed by atoms with Gasteiger partial charge >= 0.3 is 0 Å². The van der Waals surface area contributed by atoms with Crippen molar-refractivity contribution in [3.8, 4) is 10.6 Å². The van der Waals surface area contributed by atoms with Crippen LogP contribution in [0.5, 0.6) is 0 Å². The normalized spacial score (nSPS) is 10.5. The van der Waals surface area contributed by atoms with E-state index in [1.807, 2.05) is 54.1 Å². The van der Waals surface area contributed by atoms with Crippen LogP contribution < -0.4 is 5.32 Å². The highest BCUT2D eigenvalue weighted by Gasteiger charge is 2.09. The van der Waals surface area contributed by atoms with Crippen LogP contribution in [-0.4, -0.2) is 10.9 Å². The molecule has 1 aromatic carbocycles. The summed E-state index contributed by atoms with van der Waals surface area (Å²) < 4.78 is 0. The third kappa shape index (κ3) is 3.37. The Morgan fingerprint density at radius 3 is 2.71 bits per heavy atom. The molecule has 0 bridgehead atoms. The van der Waals surface area contributed by atoms with Gasteiger partial charge in [0.05, 0.1) is 17.8 Å². The van der Waals surface area contributed by atoms with Crippen molar-refractivity contribution in [1.82, 2.24) is 10.3 Å². The number of benzene rings is 1. The predicted octanol–water partition coefficient (Wildman–Crippen LogP) is 4.11. The van der Waals surface area contributed by atoms with Crippen LogP contribution in [0.2, 0.25) is 0 Å². The van der Waals surface area contributed by atoms with Crippen molar-refractivity contribution in [3.63, 3.8) is 0 Å². The van der Waals surface area contributed by atoms with Crippen molar-refractivity contribution in [3.05, 3.63) is 63.3 Å². The third-order valence-electron chi connectivity index (χ3n) is 3.00. The monoisotopic (exact) mass is 314 g/mol. The lowest BCUT2D eigenvalue weighted by atomic mass is 10.2. The van der Waals surface area contributed by atoms with Gasteiger partial charge in [0, 0.05) is 21.2 Å². The van der Waals surface area contributed by atoms with Gasteiger partial charge in [-0.05, 0) is 13.0 Å². The Bertz CT molecular complexity index is 746. The third-order valence-corrected chi connectivity index (χ3v) is 4.80. The maximum absolute atomic E-state index is 12.0. The molecule has 1 amide bonds. The van der Waals surface area contributed by atoms with Gasteiger partial charge in [-0.15, -0.1) is 22.7 Å². The molecule has 0 saturated heterocycles. The molecule has 3 aromatic rings. The summed E-state index contributed by atoms with van der Waals surface area (Å²) in [5, 5.41) is 7.75. The van der Waals surface area contributed by atoms with Gasteiger partial charge in [0.25, 0.3) is 5.91 Å². The zero-order valence-electron chi connectivity index (χ0n) is 11.5. The first-order chi connectivity index (χ1) is 10.2. The van der Waals surface area contributed by atoms with Crippen molar-refractivity contribution in [2.45, 2.75) is 13.5 Å². The van der Waals surface area contributed by atoms with Crippen molar-refractivity contribution in [2.24, 2.45) is 0 Å². The van der Waals surface area contributed by atoms with E-state index < -0.39 is 0 Å². The highest BCUT2D eigenvalue weighted by molar-refractivity contribution is 7.13. The minimum atomic E-state index is -0.0476. The molecule has 21 heavy (non-hydrogen) atoms. The van der Waals surface area contributed by atoms with Gasteiger partial charge in [-0.2, -0.15) is 0 Å². The number of aryl methyl sites for hydroxylation is 1. The summed E-state index contributed by atoms with van der Waals surface area (Å²) in [5.74, 6) is -0.0476. The Balaban J connectivity index is 1.64. The van der Waals surface area contributed by atoms with Gasteiger partial charge in [0.2, 0.25) is 0 Å². The number of hydrogen-bond donors (Lipinski definition) is 1. The molecule has 1 N–H and O–H groups in total. The van der Waals surface area contributed by atoms with E-state index in [0.717, 1.165) is 26.7 Å². The van der Waals surface area contributed by atoms with E-state index in [1.165, 1.54) is 0 Å². The second kappa shape index (κ2) is 6.20. The van der Waals surface area contributed by atoms with Crippen LogP contribution in [0.15, 0.2) is 47.2 Å². The first kappa shape index (κ1) is 14.0. The van der Waals surface area contributed by atoms with Crippen molar-refractivity contribution in [1.29, 1.82) is 0 Å². The summed E-state index contributed by atoms with van der Waals surface area (Å²) in [6, 6.07) is 12.0. The first-order valence-electron chi connectivity index (χ1n) is 6.55. The minimum absolute atomic E-state index is 0.0476. The Kier molecular flexibility index (Phi) is 4.13. The standard InChI is InChI=1S/C16H14N2OS2/c1-11-7-13(9-20-11)15(19)17-8-14-10-21-16(18-14)12-5-3-2-4-6-12/h2-7,9-10H,8H2,1H3,(H,17,19). The van der Waals surface area contributed by atoms with E-state index in [-0.39, 0.29) is 5.91 Å². The number of amides is 1. The first-order valence-corrected chi connectivity index (χ1v) is 8.31. The van der Waals surface area contributed by atoms with E-state index in [4.69, 9.17) is 0 Å². The summed E-state index contributed by atoms with van der Waals surface area (Å²) >= 11 is 3.18. The fourth-order valence-corrected chi connectivity index (χ4v) is 3.45. The average Bonchev–Trinajstić information content (AvgIpc) is 3.15. The number of carbonyl (C=O) groups is 1. The van der Waals surface area contributed by atoms with E-state index in [0.29, 0.717) is 6.54 Å². The Morgan fingerprint density at radius 2 is 2.00 bits per heavy atom. The molecule has 0 aliphatic heterocycles. The van der Waals surface area contributed by atoms with Crippen LogP contribution in [0.25, 0.3) is 10.6 Å². The molecular weight excluding hydrogens is 300 g/mol. The van der Waals surface area contributed by atoms with E-state index in [9.17, 15) is 4.79 Å². The number of nitrogens with one attached hydrogen (secondary N) is 1. The SMILES string of the molecule is Cc1cc(C(=O)NCc2csc(-c3ccccc3)n2)cs1. The fraction of sp³-hybridized carbons (Fsp3) is 0.125. The van der Waals surface area contributed by atoms with E-state index in [1.54, 1.807) is 22.7 Å². The molecule has 0 aliphatic rings. The van der Waals surface area contributed by atoms with Gasteiger partial charge < -0.3 is 5.32 Å². The summed E-state index contributed by atoms with van der Waals surface area (Å²) in [4.78, 5) is 17.7. The highest BCUT2D eigenvalue weighted by atomic mass is 32.1. The number of aromatic nitrogens is 1. The number of thiazole rings is 1. The van der Waals surface area contributed by atoms with Crippen molar-refractivity contribution >= 4 is 28.6 Å². The van der Waals surface area contributed by atoms with E-state index in [2.05, 4.69) is 10.3 Å². The van der Waals surface area contributed by atoms with Gasteiger partial charge in [0.15, 0.2) is 0 Å². The summed E-state index contributed by atoms with van der Waals surface area (Å²) in [5.41, 5.74) is 2.71. The lowest BCUT2D eigenvalue weighted by molar-refractivity contribution is 0.0951. The lowest BCUT2D eigenvalue weighted by Gasteiger charge is -2.00. The van der Waals surface area contributed by atoms with Crippen LogP contribution in [0.4, 0.5) is 0 Å². The number of thiophene rings is 1. The van der Waals surface area contributed by atoms with Gasteiger partial charge in [0.1, 0.15) is 5.01 Å². The maximum Gasteiger partial charge on any atom is 0.252 e. The number of carbonyl (C=O) groups excluding carboxylic acids is 1. The second-order valence-electron chi connectivity index (χ2n) is 4.64. The molecule has 0 atom stereocenters. The molecule has 0 fully saturated rings. The minimum Gasteiger partial charge on any atom is -0.346 e. The quantitative estimate of drug-likeness (QED) is 0.787. The predicted molar refractivity (Wildman–Crippen MR) is 87.8 cm³/mol. The Labute approximate surface area is 131 Å². The van der Waals surface area contributed by atoms with E-state index >= 15 is 0 Å². The van der Waals surface area contributed by atoms with Gasteiger partial charge in [-0.25, -0.2) is 4.98 Å². The highest BCUT2D eigenvalue weighted by Crippen LogP contribution is 2.23. The summed E-state index contributed by atoms with van der Waals surface area (Å²) in [7, 11) is 0. The fourth-order valence-electron chi connectivity index (χ4n) is 1.94. The summed E-state index contributed by atoms with van der Waals surface area (Å²) in [6.45, 7) is 2.45. The van der Waals surface area contributed by atoms with Gasteiger partial charge in [-0.1, -0.05) is 30.3 Å². The smallest absolute Gasteiger partial charge is 0.252 e. The van der Waals surface area contributed by atoms with Gasteiger partial charge in [-0.3, -0.25) is 4.79 Å². The molecule has 0 unspecified atom stereocenters. The molecule has 2 aromatic heterocycles. The lowest BCUT2D eigenvalue weighted by Crippen LogP contribution is -2.22.